The molecule has 3 nitrogen and oxygen atoms in total. The van der Waals surface area contributed by atoms with Gasteiger partial charge in [0.1, 0.15) is 6.10 Å². The van der Waals surface area contributed by atoms with Crippen LogP contribution >= 0.6 is 0 Å². The first-order valence-corrected chi connectivity index (χ1v) is 7.71. The third-order valence-corrected chi connectivity index (χ3v) is 4.45. The van der Waals surface area contributed by atoms with E-state index in [2.05, 4.69) is 5.32 Å². The summed E-state index contributed by atoms with van der Waals surface area (Å²) in [5, 5.41) is 13.6. The van der Waals surface area contributed by atoms with Crippen molar-refractivity contribution in [2.45, 2.75) is 39.2 Å². The monoisotopic (exact) mass is 295 g/mol. The third-order valence-electron chi connectivity index (χ3n) is 4.45. The number of carbonyl (C=O) groups excluding carboxylic acids is 1. The van der Waals surface area contributed by atoms with Crippen molar-refractivity contribution >= 4 is 11.6 Å². The summed E-state index contributed by atoms with van der Waals surface area (Å²) in [6.07, 6.45) is 0.0975. The fraction of sp³-hybridized carbons (Fsp3) is 0.316. The van der Waals surface area contributed by atoms with Crippen molar-refractivity contribution in [2.75, 3.05) is 5.32 Å². The molecule has 2 atom stereocenters. The molecule has 1 aliphatic heterocycles. The Balaban J connectivity index is 2.02. The lowest BCUT2D eigenvalue weighted by atomic mass is 9.91. The molecule has 0 radical (unpaired) electrons. The molecule has 0 saturated carbocycles. The zero-order chi connectivity index (χ0) is 15.9. The smallest absolute Gasteiger partial charge is 0.232 e. The summed E-state index contributed by atoms with van der Waals surface area (Å²) in [7, 11) is 0. The average molecular weight is 295 g/mol. The topological polar surface area (TPSA) is 49.3 Å². The molecule has 0 fully saturated rings. The molecule has 0 aliphatic carbocycles. The minimum absolute atomic E-state index is 0.0579. The Morgan fingerprint density at radius 3 is 2.45 bits per heavy atom. The molecular weight excluding hydrogens is 274 g/mol. The summed E-state index contributed by atoms with van der Waals surface area (Å²) in [6, 6.07) is 11.8. The molecule has 0 aromatic heterocycles. The maximum atomic E-state index is 12.0. The first kappa shape index (κ1) is 14.8. The van der Waals surface area contributed by atoms with Gasteiger partial charge in [-0.1, -0.05) is 42.8 Å². The highest BCUT2D eigenvalue weighted by Crippen LogP contribution is 2.39. The number of carbonyl (C=O) groups is 1. The van der Waals surface area contributed by atoms with Gasteiger partial charge in [0.25, 0.3) is 0 Å². The summed E-state index contributed by atoms with van der Waals surface area (Å²) in [4.78, 5) is 12.0. The van der Waals surface area contributed by atoms with Crippen LogP contribution in [0.1, 0.15) is 53.2 Å². The number of hydrogen-bond donors (Lipinski definition) is 2. The number of benzene rings is 2. The summed E-state index contributed by atoms with van der Waals surface area (Å²) in [5.41, 5.74) is 5.81. The van der Waals surface area contributed by atoms with Gasteiger partial charge in [-0.05, 0) is 48.6 Å². The first-order valence-electron chi connectivity index (χ1n) is 7.71. The molecule has 0 spiro atoms. The van der Waals surface area contributed by atoms with Crippen LogP contribution in [0.5, 0.6) is 0 Å². The van der Waals surface area contributed by atoms with E-state index in [9.17, 15) is 9.90 Å². The largest absolute Gasteiger partial charge is 0.384 e. The van der Waals surface area contributed by atoms with Gasteiger partial charge in [0.05, 0.1) is 5.92 Å². The highest BCUT2D eigenvalue weighted by molar-refractivity contribution is 6.03. The number of aryl methyl sites for hydroxylation is 2. The second-order valence-corrected chi connectivity index (χ2v) is 6.07. The van der Waals surface area contributed by atoms with Crippen LogP contribution in [-0.2, 0) is 4.79 Å². The second kappa shape index (κ2) is 5.58. The number of amides is 1. The van der Waals surface area contributed by atoms with Crippen LogP contribution in [-0.4, -0.2) is 11.0 Å². The lowest BCUT2D eigenvalue weighted by molar-refractivity contribution is -0.117. The van der Waals surface area contributed by atoms with Crippen LogP contribution in [0.4, 0.5) is 5.69 Å². The molecule has 22 heavy (non-hydrogen) atoms. The van der Waals surface area contributed by atoms with Crippen LogP contribution < -0.4 is 5.32 Å². The van der Waals surface area contributed by atoms with E-state index in [-0.39, 0.29) is 11.8 Å². The Morgan fingerprint density at radius 1 is 1.14 bits per heavy atom. The molecule has 2 unspecified atom stereocenters. The SMILES string of the molecule is CCC1C(=O)Nc2c(C)cc(C(O)c3ccc(C)cc3)cc21. The minimum Gasteiger partial charge on any atom is -0.384 e. The number of aliphatic hydroxyl groups excluding tert-OH is 1. The van der Waals surface area contributed by atoms with Crippen LogP contribution in [0.25, 0.3) is 0 Å². The molecule has 1 aliphatic rings. The molecule has 1 amide bonds. The van der Waals surface area contributed by atoms with Gasteiger partial charge in [0.2, 0.25) is 5.91 Å². The van der Waals surface area contributed by atoms with Crippen LogP contribution in [0.2, 0.25) is 0 Å². The molecular formula is C19H21NO2. The van der Waals surface area contributed by atoms with E-state index >= 15 is 0 Å². The number of nitrogens with one attached hydrogen (secondary N) is 1. The number of aliphatic hydroxyl groups is 1. The van der Waals surface area contributed by atoms with Gasteiger partial charge in [-0.3, -0.25) is 4.79 Å². The van der Waals surface area contributed by atoms with Crippen molar-refractivity contribution in [2.24, 2.45) is 0 Å². The molecule has 114 valence electrons. The Bertz CT molecular complexity index is 719. The normalized spacial score (nSPS) is 18.0. The number of fused-ring (bicyclic) bond motifs is 1. The number of hydrogen-bond acceptors (Lipinski definition) is 2. The van der Waals surface area contributed by atoms with E-state index in [1.807, 2.05) is 57.2 Å². The molecule has 3 heteroatoms. The van der Waals surface area contributed by atoms with Crippen LogP contribution in [0.3, 0.4) is 0 Å². The zero-order valence-corrected chi connectivity index (χ0v) is 13.2. The lowest BCUT2D eigenvalue weighted by Crippen LogP contribution is -2.10. The molecule has 0 bridgehead atoms. The van der Waals surface area contributed by atoms with E-state index in [1.54, 1.807) is 0 Å². The fourth-order valence-corrected chi connectivity index (χ4v) is 3.14. The predicted molar refractivity (Wildman–Crippen MR) is 88.1 cm³/mol. The standard InChI is InChI=1S/C19H21NO2/c1-4-15-16-10-14(9-12(3)17(16)20-19(15)22)18(21)13-7-5-11(2)6-8-13/h5-10,15,18,21H,4H2,1-3H3,(H,20,22). The Labute approximate surface area is 131 Å². The molecule has 0 saturated heterocycles. The third kappa shape index (κ3) is 2.42. The van der Waals surface area contributed by atoms with E-state index in [0.29, 0.717) is 0 Å². The van der Waals surface area contributed by atoms with E-state index < -0.39 is 6.10 Å². The van der Waals surface area contributed by atoms with Gasteiger partial charge in [0, 0.05) is 5.69 Å². The number of rotatable bonds is 3. The molecule has 1 heterocycles. The highest BCUT2D eigenvalue weighted by Gasteiger charge is 2.31. The van der Waals surface area contributed by atoms with Gasteiger partial charge >= 0.3 is 0 Å². The van der Waals surface area contributed by atoms with Gasteiger partial charge in [-0.25, -0.2) is 0 Å². The lowest BCUT2D eigenvalue weighted by Gasteiger charge is -2.16. The zero-order valence-electron chi connectivity index (χ0n) is 13.2. The van der Waals surface area contributed by atoms with Crippen molar-refractivity contribution in [3.8, 4) is 0 Å². The maximum Gasteiger partial charge on any atom is 0.232 e. The summed E-state index contributed by atoms with van der Waals surface area (Å²) < 4.78 is 0. The molecule has 3 rings (SSSR count). The quantitative estimate of drug-likeness (QED) is 0.904. The molecule has 2 aromatic rings. The molecule has 2 N–H and O–H groups in total. The van der Waals surface area contributed by atoms with Crippen molar-refractivity contribution in [1.29, 1.82) is 0 Å². The molecule has 2 aromatic carbocycles. The Kier molecular flexibility index (Phi) is 3.75. The van der Waals surface area contributed by atoms with E-state index in [4.69, 9.17) is 0 Å². The summed E-state index contributed by atoms with van der Waals surface area (Å²) in [6.45, 7) is 6.01. The fourth-order valence-electron chi connectivity index (χ4n) is 3.14. The minimum atomic E-state index is -0.669. The predicted octanol–water partition coefficient (Wildman–Crippen LogP) is 3.83. The second-order valence-electron chi connectivity index (χ2n) is 6.07. The van der Waals surface area contributed by atoms with Crippen molar-refractivity contribution < 1.29 is 9.90 Å². The van der Waals surface area contributed by atoms with Crippen LogP contribution in [0, 0.1) is 13.8 Å². The van der Waals surface area contributed by atoms with Gasteiger partial charge < -0.3 is 10.4 Å². The summed E-state index contributed by atoms with van der Waals surface area (Å²) >= 11 is 0. The van der Waals surface area contributed by atoms with Gasteiger partial charge in [-0.15, -0.1) is 0 Å². The van der Waals surface area contributed by atoms with Gasteiger partial charge in [-0.2, -0.15) is 0 Å². The maximum absolute atomic E-state index is 12.0. The summed E-state index contributed by atoms with van der Waals surface area (Å²) in [5.74, 6) is -0.0542. The Morgan fingerprint density at radius 2 is 1.82 bits per heavy atom. The average Bonchev–Trinajstić information content (AvgIpc) is 2.83. The van der Waals surface area contributed by atoms with Crippen molar-refractivity contribution in [3.05, 3.63) is 64.2 Å². The number of anilines is 1. The Hall–Kier alpha value is -2.13. The van der Waals surface area contributed by atoms with Crippen molar-refractivity contribution in [1.82, 2.24) is 0 Å². The highest BCUT2D eigenvalue weighted by atomic mass is 16.3. The van der Waals surface area contributed by atoms with E-state index in [0.717, 1.165) is 34.4 Å². The van der Waals surface area contributed by atoms with Gasteiger partial charge in [0.15, 0.2) is 0 Å². The van der Waals surface area contributed by atoms with Crippen LogP contribution in [0.15, 0.2) is 36.4 Å². The first-order chi connectivity index (χ1) is 10.5. The van der Waals surface area contributed by atoms with Crippen molar-refractivity contribution in [3.63, 3.8) is 0 Å². The van der Waals surface area contributed by atoms with E-state index in [1.165, 1.54) is 5.56 Å².